The Morgan fingerprint density at radius 1 is 1.00 bits per heavy atom. The van der Waals surface area contributed by atoms with Crippen LogP contribution in [0.3, 0.4) is 0 Å². The highest BCUT2D eigenvalue weighted by Crippen LogP contribution is 2.25. The second-order valence-electron chi connectivity index (χ2n) is 4.77. The minimum atomic E-state index is -0.498. The number of rotatable bonds is 4. The summed E-state index contributed by atoms with van der Waals surface area (Å²) in [4.78, 5) is 12.1. The van der Waals surface area contributed by atoms with Gasteiger partial charge in [0.05, 0.1) is 7.11 Å². The Labute approximate surface area is 119 Å². The minimum absolute atomic E-state index is 0.289. The van der Waals surface area contributed by atoms with Crippen molar-refractivity contribution in [3.63, 3.8) is 0 Å². The average molecular weight is 269 g/mol. The second kappa shape index (κ2) is 6.24. The number of esters is 1. The van der Waals surface area contributed by atoms with Crippen molar-refractivity contribution in [2.24, 2.45) is 0 Å². The predicted octanol–water partition coefficient (Wildman–Crippen LogP) is 3.63. The number of carbonyl (C=O) groups is 1. The zero-order chi connectivity index (χ0) is 14.5. The molecule has 1 unspecified atom stereocenters. The number of para-hydroxylation sites is 1. The van der Waals surface area contributed by atoms with Gasteiger partial charge in [0.15, 0.2) is 6.04 Å². The summed E-state index contributed by atoms with van der Waals surface area (Å²) in [5.41, 5.74) is 4.02. The molecule has 1 atom stereocenters. The van der Waals surface area contributed by atoms with Crippen molar-refractivity contribution in [1.29, 1.82) is 0 Å². The first-order chi connectivity index (χ1) is 9.63. The Morgan fingerprint density at radius 2 is 1.60 bits per heavy atom. The van der Waals surface area contributed by atoms with Crippen LogP contribution in [0.15, 0.2) is 48.5 Å². The van der Waals surface area contributed by atoms with Crippen LogP contribution in [-0.4, -0.2) is 13.1 Å². The van der Waals surface area contributed by atoms with E-state index in [0.29, 0.717) is 0 Å². The maximum atomic E-state index is 12.1. The molecule has 0 aromatic heterocycles. The number of nitrogens with one attached hydrogen (secondary N) is 1. The van der Waals surface area contributed by atoms with Crippen LogP contribution < -0.4 is 5.32 Å². The summed E-state index contributed by atoms with van der Waals surface area (Å²) in [6.07, 6.45) is 0. The molecule has 104 valence electrons. The molecule has 0 aliphatic carbocycles. The Hall–Kier alpha value is -2.29. The highest BCUT2D eigenvalue weighted by atomic mass is 16.5. The van der Waals surface area contributed by atoms with Crippen molar-refractivity contribution in [2.45, 2.75) is 19.9 Å². The molecule has 0 bridgehead atoms. The van der Waals surface area contributed by atoms with Crippen molar-refractivity contribution in [3.05, 3.63) is 65.2 Å². The van der Waals surface area contributed by atoms with Gasteiger partial charge in [-0.05, 0) is 36.6 Å². The zero-order valence-corrected chi connectivity index (χ0v) is 12.0. The van der Waals surface area contributed by atoms with Crippen LogP contribution in [0.2, 0.25) is 0 Å². The number of aryl methyl sites for hydroxylation is 2. The molecule has 3 nitrogen and oxygen atoms in total. The number of ether oxygens (including phenoxy) is 1. The van der Waals surface area contributed by atoms with Gasteiger partial charge in [-0.25, -0.2) is 4.79 Å². The number of methoxy groups -OCH3 is 1. The predicted molar refractivity (Wildman–Crippen MR) is 80.7 cm³/mol. The van der Waals surface area contributed by atoms with Gasteiger partial charge in [0.1, 0.15) is 0 Å². The van der Waals surface area contributed by atoms with Crippen LogP contribution in [0.5, 0.6) is 0 Å². The molecule has 2 aromatic rings. The summed E-state index contributed by atoms with van der Waals surface area (Å²) in [5, 5.41) is 3.28. The van der Waals surface area contributed by atoms with Crippen LogP contribution >= 0.6 is 0 Å². The van der Waals surface area contributed by atoms with Crippen LogP contribution in [0.25, 0.3) is 0 Å². The molecule has 3 heteroatoms. The molecular formula is C17H19NO2. The highest BCUT2D eigenvalue weighted by molar-refractivity contribution is 5.81. The number of hydrogen-bond donors (Lipinski definition) is 1. The summed E-state index contributed by atoms with van der Waals surface area (Å²) in [6.45, 7) is 4.00. The first-order valence-electron chi connectivity index (χ1n) is 6.59. The maximum Gasteiger partial charge on any atom is 0.332 e. The van der Waals surface area contributed by atoms with Crippen LogP contribution in [0, 0.1) is 13.8 Å². The molecule has 0 fully saturated rings. The van der Waals surface area contributed by atoms with Crippen molar-refractivity contribution < 1.29 is 9.53 Å². The van der Waals surface area contributed by atoms with E-state index < -0.39 is 6.04 Å². The fraction of sp³-hybridized carbons (Fsp3) is 0.235. The highest BCUT2D eigenvalue weighted by Gasteiger charge is 2.23. The fourth-order valence-electron chi connectivity index (χ4n) is 2.18. The van der Waals surface area contributed by atoms with Crippen LogP contribution in [-0.2, 0) is 9.53 Å². The topological polar surface area (TPSA) is 38.3 Å². The lowest BCUT2D eigenvalue weighted by molar-refractivity contribution is -0.141. The van der Waals surface area contributed by atoms with E-state index in [9.17, 15) is 4.79 Å². The Balaban J connectivity index is 2.37. The zero-order valence-electron chi connectivity index (χ0n) is 12.0. The van der Waals surface area contributed by atoms with Gasteiger partial charge in [0.25, 0.3) is 0 Å². The average Bonchev–Trinajstić information content (AvgIpc) is 2.47. The minimum Gasteiger partial charge on any atom is -0.467 e. The molecule has 0 heterocycles. The fourth-order valence-corrected chi connectivity index (χ4v) is 2.18. The lowest BCUT2D eigenvalue weighted by Crippen LogP contribution is -2.23. The van der Waals surface area contributed by atoms with E-state index in [-0.39, 0.29) is 5.97 Å². The summed E-state index contributed by atoms with van der Waals surface area (Å²) in [6, 6.07) is 15.2. The van der Waals surface area contributed by atoms with Gasteiger partial charge in [-0.15, -0.1) is 0 Å². The Kier molecular flexibility index (Phi) is 4.41. The van der Waals surface area contributed by atoms with Crippen LogP contribution in [0.4, 0.5) is 5.69 Å². The Bertz CT molecular complexity index is 607. The molecule has 0 amide bonds. The molecule has 0 radical (unpaired) electrons. The molecule has 2 aromatic carbocycles. The quantitative estimate of drug-likeness (QED) is 0.861. The smallest absolute Gasteiger partial charge is 0.332 e. The number of anilines is 1. The van der Waals surface area contributed by atoms with Gasteiger partial charge in [-0.2, -0.15) is 0 Å². The lowest BCUT2D eigenvalue weighted by Gasteiger charge is -2.21. The van der Waals surface area contributed by atoms with E-state index in [1.165, 1.54) is 7.11 Å². The van der Waals surface area contributed by atoms with Gasteiger partial charge in [0, 0.05) is 5.69 Å². The van der Waals surface area contributed by atoms with Crippen LogP contribution in [0.1, 0.15) is 22.7 Å². The van der Waals surface area contributed by atoms with Crippen molar-refractivity contribution in [1.82, 2.24) is 0 Å². The third-order valence-electron chi connectivity index (χ3n) is 3.38. The van der Waals surface area contributed by atoms with E-state index in [1.807, 2.05) is 62.4 Å². The van der Waals surface area contributed by atoms with E-state index in [0.717, 1.165) is 22.4 Å². The molecule has 0 aliphatic heterocycles. The molecule has 0 aliphatic rings. The molecule has 2 rings (SSSR count). The molecule has 20 heavy (non-hydrogen) atoms. The van der Waals surface area contributed by atoms with Gasteiger partial charge in [-0.1, -0.05) is 42.5 Å². The molecule has 1 N–H and O–H groups in total. The van der Waals surface area contributed by atoms with Gasteiger partial charge >= 0.3 is 5.97 Å². The number of hydrogen-bond acceptors (Lipinski definition) is 3. The molecular weight excluding hydrogens is 250 g/mol. The summed E-state index contributed by atoms with van der Waals surface area (Å²) in [7, 11) is 1.41. The van der Waals surface area contributed by atoms with Crippen molar-refractivity contribution >= 4 is 11.7 Å². The first-order valence-corrected chi connectivity index (χ1v) is 6.59. The third-order valence-corrected chi connectivity index (χ3v) is 3.38. The lowest BCUT2D eigenvalue weighted by atomic mass is 10.0. The molecule has 0 saturated carbocycles. The third kappa shape index (κ3) is 2.99. The summed E-state index contributed by atoms with van der Waals surface area (Å²) in [5.74, 6) is -0.289. The normalized spacial score (nSPS) is 11.8. The first kappa shape index (κ1) is 14.1. The van der Waals surface area contributed by atoms with Gasteiger partial charge in [-0.3, -0.25) is 0 Å². The van der Waals surface area contributed by atoms with Gasteiger partial charge < -0.3 is 10.1 Å². The summed E-state index contributed by atoms with van der Waals surface area (Å²) < 4.78 is 4.93. The van der Waals surface area contributed by atoms with E-state index in [4.69, 9.17) is 4.74 Å². The second-order valence-corrected chi connectivity index (χ2v) is 4.77. The number of carbonyl (C=O) groups excluding carboxylic acids is 1. The van der Waals surface area contributed by atoms with E-state index in [1.54, 1.807) is 0 Å². The Morgan fingerprint density at radius 3 is 2.20 bits per heavy atom. The largest absolute Gasteiger partial charge is 0.467 e. The van der Waals surface area contributed by atoms with E-state index in [2.05, 4.69) is 5.32 Å². The van der Waals surface area contributed by atoms with E-state index >= 15 is 0 Å². The monoisotopic (exact) mass is 269 g/mol. The maximum absolute atomic E-state index is 12.1. The number of benzene rings is 2. The van der Waals surface area contributed by atoms with Gasteiger partial charge in [0.2, 0.25) is 0 Å². The summed E-state index contributed by atoms with van der Waals surface area (Å²) >= 11 is 0. The SMILES string of the molecule is COC(=O)C(Nc1ccccc1C)c1ccccc1C. The van der Waals surface area contributed by atoms with Crippen molar-refractivity contribution in [3.8, 4) is 0 Å². The van der Waals surface area contributed by atoms with Crippen molar-refractivity contribution in [2.75, 3.05) is 12.4 Å². The molecule has 0 spiro atoms. The molecule has 0 saturated heterocycles. The standard InChI is InChI=1S/C17H19NO2/c1-12-8-4-6-10-14(12)16(17(19)20-3)18-15-11-7-5-9-13(15)2/h4-11,16,18H,1-3H3.